The molecule has 1 aromatic carbocycles. The number of hydrogen-bond donors (Lipinski definition) is 3. The predicted octanol–water partition coefficient (Wildman–Crippen LogP) is 5.54. The standard InChI is InChI=1S/C34H53N3O4S/c1-34(2,3)36-32(39)28-20-25-15-9-10-16-26(25)21-37(28)22-29(38)27(19-23-11-5-4-6-12-23)35-33(40)41-30-17-18-42-31(30)24-13-7-8-14-24/h4-6,11-12,24-31,38H,7-10,13-22H2,1-3H3,(H,35,40)(H,36,39)/t25-,26+,27-,28-,29+,30+,31+/m0/s1. The van der Waals surface area contributed by atoms with Crippen molar-refractivity contribution in [2.75, 3.05) is 18.8 Å². The van der Waals surface area contributed by atoms with Gasteiger partial charge in [0.15, 0.2) is 0 Å². The van der Waals surface area contributed by atoms with Crippen molar-refractivity contribution in [1.82, 2.24) is 15.5 Å². The summed E-state index contributed by atoms with van der Waals surface area (Å²) in [6, 6.07) is 9.22. The quantitative estimate of drug-likeness (QED) is 0.345. The molecule has 0 radical (unpaired) electrons. The highest BCUT2D eigenvalue weighted by Crippen LogP contribution is 2.42. The fraction of sp³-hybridized carbons (Fsp3) is 0.765. The van der Waals surface area contributed by atoms with Crippen molar-refractivity contribution < 1.29 is 19.4 Å². The second-order valence-electron chi connectivity index (χ2n) is 14.4. The van der Waals surface area contributed by atoms with Gasteiger partial charge in [-0.05, 0) is 88.4 Å². The Hall–Kier alpha value is -1.77. The van der Waals surface area contributed by atoms with E-state index in [1.54, 1.807) is 0 Å². The summed E-state index contributed by atoms with van der Waals surface area (Å²) in [6.45, 7) is 7.20. The average molecular weight is 600 g/mol. The number of β-amino-alcohol motifs (C(OH)–C–C–N with tert-alkyl or cyclic N) is 1. The molecule has 2 saturated carbocycles. The lowest BCUT2D eigenvalue weighted by Gasteiger charge is -2.47. The van der Waals surface area contributed by atoms with E-state index in [9.17, 15) is 14.7 Å². The molecule has 2 amide bonds. The number of benzene rings is 1. The van der Waals surface area contributed by atoms with Gasteiger partial charge in [0.2, 0.25) is 5.91 Å². The minimum atomic E-state index is -0.841. The van der Waals surface area contributed by atoms with E-state index in [-0.39, 0.29) is 23.6 Å². The molecular weight excluding hydrogens is 546 g/mol. The van der Waals surface area contributed by atoms with Crippen LogP contribution in [0.25, 0.3) is 0 Å². The fourth-order valence-electron chi connectivity index (χ4n) is 7.91. The van der Waals surface area contributed by atoms with E-state index < -0.39 is 18.2 Å². The molecule has 234 valence electrons. The number of carbonyl (C=O) groups excluding carboxylic acids is 2. The van der Waals surface area contributed by atoms with E-state index in [4.69, 9.17) is 4.74 Å². The summed E-state index contributed by atoms with van der Waals surface area (Å²) >= 11 is 1.96. The Kier molecular flexibility index (Phi) is 10.8. The largest absolute Gasteiger partial charge is 0.445 e. The molecule has 8 heteroatoms. The first-order valence-corrected chi connectivity index (χ1v) is 17.6. The summed E-state index contributed by atoms with van der Waals surface area (Å²) in [5, 5.41) is 18.4. The minimum absolute atomic E-state index is 0.0439. The zero-order valence-corrected chi connectivity index (χ0v) is 26.7. The van der Waals surface area contributed by atoms with Crippen molar-refractivity contribution in [1.29, 1.82) is 0 Å². The number of hydrogen-bond acceptors (Lipinski definition) is 6. The van der Waals surface area contributed by atoms with Gasteiger partial charge < -0.3 is 20.5 Å². The molecule has 7 atom stereocenters. The van der Waals surface area contributed by atoms with Crippen LogP contribution in [0, 0.1) is 17.8 Å². The van der Waals surface area contributed by atoms with Crippen LogP contribution in [0.3, 0.4) is 0 Å². The third-order valence-electron chi connectivity index (χ3n) is 9.99. The van der Waals surface area contributed by atoms with Crippen molar-refractivity contribution in [3.05, 3.63) is 35.9 Å². The fourth-order valence-corrected chi connectivity index (χ4v) is 9.50. The lowest BCUT2D eigenvalue weighted by atomic mass is 9.72. The summed E-state index contributed by atoms with van der Waals surface area (Å²) in [6.07, 6.45) is 10.8. The molecule has 4 fully saturated rings. The normalized spacial score (nSPS) is 30.3. The number of carbonyl (C=O) groups is 2. The number of nitrogens with zero attached hydrogens (tertiary/aromatic N) is 1. The number of alkyl carbamates (subject to hydrolysis) is 1. The number of aliphatic hydroxyl groups excluding tert-OH is 1. The molecule has 1 aromatic rings. The number of aliphatic hydroxyl groups is 1. The molecule has 42 heavy (non-hydrogen) atoms. The molecule has 5 rings (SSSR count). The molecule has 2 saturated heterocycles. The molecular formula is C34H53N3O4S. The maximum Gasteiger partial charge on any atom is 0.407 e. The predicted molar refractivity (Wildman–Crippen MR) is 169 cm³/mol. The van der Waals surface area contributed by atoms with Gasteiger partial charge in [0.25, 0.3) is 0 Å². The Bertz CT molecular complexity index is 1030. The number of likely N-dealkylation sites (tertiary alicyclic amines) is 1. The smallest absolute Gasteiger partial charge is 0.407 e. The van der Waals surface area contributed by atoms with Crippen LogP contribution in [0.1, 0.15) is 90.5 Å². The third kappa shape index (κ3) is 8.44. The van der Waals surface area contributed by atoms with Crippen LogP contribution < -0.4 is 10.6 Å². The Morgan fingerprint density at radius 1 is 1.00 bits per heavy atom. The van der Waals surface area contributed by atoms with E-state index >= 15 is 0 Å². The topological polar surface area (TPSA) is 90.9 Å². The summed E-state index contributed by atoms with van der Waals surface area (Å²) in [7, 11) is 0. The van der Waals surface area contributed by atoms with E-state index in [2.05, 4.69) is 15.5 Å². The van der Waals surface area contributed by atoms with E-state index in [1.807, 2.05) is 62.9 Å². The van der Waals surface area contributed by atoms with Gasteiger partial charge >= 0.3 is 6.09 Å². The summed E-state index contributed by atoms with van der Waals surface area (Å²) in [5.74, 6) is 2.84. The van der Waals surface area contributed by atoms with Gasteiger partial charge in [-0.1, -0.05) is 62.4 Å². The summed E-state index contributed by atoms with van der Waals surface area (Å²) in [4.78, 5) is 29.1. The van der Waals surface area contributed by atoms with Crippen molar-refractivity contribution in [2.24, 2.45) is 17.8 Å². The number of piperidine rings is 1. The second kappa shape index (κ2) is 14.3. The molecule has 0 bridgehead atoms. The first kappa shape index (κ1) is 31.6. The summed E-state index contributed by atoms with van der Waals surface area (Å²) < 4.78 is 6.07. The van der Waals surface area contributed by atoms with Gasteiger partial charge in [-0.25, -0.2) is 4.79 Å². The van der Waals surface area contributed by atoms with Gasteiger partial charge in [-0.3, -0.25) is 9.69 Å². The molecule has 7 nitrogen and oxygen atoms in total. The van der Waals surface area contributed by atoms with Gasteiger partial charge in [0.05, 0.1) is 18.2 Å². The lowest BCUT2D eigenvalue weighted by molar-refractivity contribution is -0.132. The minimum Gasteiger partial charge on any atom is -0.445 e. The maximum atomic E-state index is 13.5. The molecule has 2 aliphatic heterocycles. The summed E-state index contributed by atoms with van der Waals surface area (Å²) in [5.41, 5.74) is 0.732. The molecule has 0 unspecified atom stereocenters. The van der Waals surface area contributed by atoms with Gasteiger partial charge in [0, 0.05) is 23.9 Å². The van der Waals surface area contributed by atoms with Crippen molar-refractivity contribution in [2.45, 2.75) is 126 Å². The van der Waals surface area contributed by atoms with Crippen molar-refractivity contribution in [3.63, 3.8) is 0 Å². The third-order valence-corrected chi connectivity index (χ3v) is 11.5. The van der Waals surface area contributed by atoms with E-state index in [0.717, 1.165) is 30.7 Å². The molecule has 2 heterocycles. The van der Waals surface area contributed by atoms with Crippen LogP contribution in [0.5, 0.6) is 0 Å². The van der Waals surface area contributed by atoms with Gasteiger partial charge in [-0.15, -0.1) is 0 Å². The first-order valence-electron chi connectivity index (χ1n) is 16.5. The zero-order chi connectivity index (χ0) is 29.7. The van der Waals surface area contributed by atoms with Gasteiger partial charge in [0.1, 0.15) is 6.10 Å². The zero-order valence-electron chi connectivity index (χ0n) is 25.9. The molecule has 0 spiro atoms. The van der Waals surface area contributed by atoms with E-state index in [0.29, 0.717) is 36.0 Å². The SMILES string of the molecule is CC(C)(C)NC(=O)[C@@H]1C[C@@H]2CCCC[C@@H]2CN1C[C@@H](O)[C@H](Cc1ccccc1)NC(=O)O[C@@H]1CCS[C@@H]1C1CCCC1. The second-order valence-corrected chi connectivity index (χ2v) is 15.7. The average Bonchev–Trinajstić information content (AvgIpc) is 3.64. The Morgan fingerprint density at radius 2 is 1.67 bits per heavy atom. The molecule has 4 aliphatic rings. The number of fused-ring (bicyclic) bond motifs is 1. The molecule has 2 aliphatic carbocycles. The number of ether oxygens (including phenoxy) is 1. The van der Waals surface area contributed by atoms with Crippen LogP contribution in [0.15, 0.2) is 30.3 Å². The number of nitrogens with one attached hydrogen (secondary N) is 2. The lowest BCUT2D eigenvalue weighted by Crippen LogP contribution is -2.60. The monoisotopic (exact) mass is 599 g/mol. The van der Waals surface area contributed by atoms with Crippen molar-refractivity contribution in [3.8, 4) is 0 Å². The van der Waals surface area contributed by atoms with Crippen LogP contribution in [-0.2, 0) is 16.0 Å². The highest BCUT2D eigenvalue weighted by molar-refractivity contribution is 8.00. The maximum absolute atomic E-state index is 13.5. The first-order chi connectivity index (χ1) is 20.2. The van der Waals surface area contributed by atoms with Crippen molar-refractivity contribution >= 4 is 23.8 Å². The van der Waals surface area contributed by atoms with Gasteiger partial charge in [-0.2, -0.15) is 11.8 Å². The Balaban J connectivity index is 1.28. The van der Waals surface area contributed by atoms with Crippen LogP contribution in [0.4, 0.5) is 4.79 Å². The number of amides is 2. The number of rotatable bonds is 9. The highest BCUT2D eigenvalue weighted by atomic mass is 32.2. The Labute approximate surface area is 257 Å². The number of thioether (sulfide) groups is 1. The molecule has 3 N–H and O–H groups in total. The Morgan fingerprint density at radius 3 is 2.36 bits per heavy atom. The highest BCUT2D eigenvalue weighted by Gasteiger charge is 2.42. The van der Waals surface area contributed by atoms with Crippen LogP contribution in [-0.4, -0.2) is 75.9 Å². The van der Waals surface area contributed by atoms with Crippen LogP contribution >= 0.6 is 11.8 Å². The van der Waals surface area contributed by atoms with E-state index in [1.165, 1.54) is 51.4 Å². The molecule has 0 aromatic heterocycles. The van der Waals surface area contributed by atoms with Crippen LogP contribution in [0.2, 0.25) is 0 Å².